The molecule has 0 bridgehead atoms. The highest BCUT2D eigenvalue weighted by Gasteiger charge is 2.22. The number of nitrogens with one attached hydrogen (secondary N) is 1. The Morgan fingerprint density at radius 1 is 1.24 bits per heavy atom. The predicted molar refractivity (Wildman–Crippen MR) is 82.6 cm³/mol. The highest BCUT2D eigenvalue weighted by Crippen LogP contribution is 2.36. The molecule has 1 atom stereocenters. The minimum atomic E-state index is -0.405. The lowest BCUT2D eigenvalue weighted by Gasteiger charge is -2.16. The summed E-state index contributed by atoms with van der Waals surface area (Å²) in [6.07, 6.45) is 2.12. The van der Waals surface area contributed by atoms with E-state index in [0.717, 1.165) is 24.3 Å². The first-order valence-corrected chi connectivity index (χ1v) is 7.00. The largest absolute Gasteiger partial charge is 0.497 e. The molecule has 0 fully saturated rings. The fraction of sp³-hybridized carbons (Fsp3) is 0.235. The molecular weight excluding hydrogens is 264 g/mol. The topological polar surface area (TPSA) is 64.3 Å². The van der Waals surface area contributed by atoms with Gasteiger partial charge in [0.15, 0.2) is 0 Å². The number of aryl methyl sites for hydroxylation is 1. The molecule has 0 radical (unpaired) electrons. The quantitative estimate of drug-likeness (QED) is 0.906. The van der Waals surface area contributed by atoms with E-state index in [4.69, 9.17) is 10.5 Å². The molecule has 4 heteroatoms. The smallest absolute Gasteiger partial charge is 0.248 e. The zero-order valence-corrected chi connectivity index (χ0v) is 11.9. The molecule has 1 aliphatic carbocycles. The molecule has 21 heavy (non-hydrogen) atoms. The van der Waals surface area contributed by atoms with E-state index < -0.39 is 5.91 Å². The number of anilines is 1. The van der Waals surface area contributed by atoms with Crippen LogP contribution in [0, 0.1) is 0 Å². The van der Waals surface area contributed by atoms with Crippen molar-refractivity contribution in [2.75, 3.05) is 12.4 Å². The Kier molecular flexibility index (Phi) is 3.52. The Bertz CT molecular complexity index is 665. The van der Waals surface area contributed by atoms with Crippen LogP contribution in [0.5, 0.6) is 5.75 Å². The van der Waals surface area contributed by atoms with Crippen LogP contribution < -0.4 is 15.8 Å². The summed E-state index contributed by atoms with van der Waals surface area (Å²) in [7, 11) is 1.68. The first-order chi connectivity index (χ1) is 10.2. The summed E-state index contributed by atoms with van der Waals surface area (Å²) in [6, 6.07) is 13.8. The van der Waals surface area contributed by atoms with Crippen LogP contribution in [-0.4, -0.2) is 13.0 Å². The minimum absolute atomic E-state index is 0.273. The lowest BCUT2D eigenvalue weighted by Crippen LogP contribution is -2.11. The molecule has 0 spiro atoms. The van der Waals surface area contributed by atoms with Gasteiger partial charge in [-0.1, -0.05) is 6.07 Å². The molecule has 1 aliphatic rings. The molecule has 2 aromatic carbocycles. The zero-order valence-electron chi connectivity index (χ0n) is 11.9. The number of hydrogen-bond donors (Lipinski definition) is 2. The molecule has 3 rings (SSSR count). The van der Waals surface area contributed by atoms with Gasteiger partial charge in [-0.25, -0.2) is 0 Å². The van der Waals surface area contributed by atoms with Gasteiger partial charge in [-0.05, 0) is 60.4 Å². The number of benzene rings is 2. The zero-order chi connectivity index (χ0) is 14.8. The lowest BCUT2D eigenvalue weighted by molar-refractivity contribution is 0.100. The molecular formula is C17H18N2O2. The van der Waals surface area contributed by atoms with Crippen molar-refractivity contribution in [2.45, 2.75) is 18.9 Å². The Morgan fingerprint density at radius 3 is 2.67 bits per heavy atom. The number of hydrogen-bond acceptors (Lipinski definition) is 3. The van der Waals surface area contributed by atoms with Gasteiger partial charge in [0.2, 0.25) is 5.91 Å². The number of carbonyl (C=O) groups is 1. The minimum Gasteiger partial charge on any atom is -0.497 e. The highest BCUT2D eigenvalue weighted by molar-refractivity contribution is 5.93. The van der Waals surface area contributed by atoms with E-state index in [0.29, 0.717) is 5.56 Å². The number of fused-ring (bicyclic) bond motifs is 1. The van der Waals surface area contributed by atoms with Gasteiger partial charge in [0, 0.05) is 11.3 Å². The van der Waals surface area contributed by atoms with Crippen LogP contribution in [-0.2, 0) is 6.42 Å². The third kappa shape index (κ3) is 2.70. The third-order valence-electron chi connectivity index (χ3n) is 3.94. The van der Waals surface area contributed by atoms with E-state index >= 15 is 0 Å². The van der Waals surface area contributed by atoms with Crippen LogP contribution in [0.1, 0.15) is 33.9 Å². The second-order valence-corrected chi connectivity index (χ2v) is 5.24. The van der Waals surface area contributed by atoms with E-state index in [-0.39, 0.29) is 6.04 Å². The van der Waals surface area contributed by atoms with Crippen molar-refractivity contribution >= 4 is 11.6 Å². The Balaban J connectivity index is 1.80. The molecule has 0 saturated heterocycles. The summed E-state index contributed by atoms with van der Waals surface area (Å²) in [5.74, 6) is 0.476. The van der Waals surface area contributed by atoms with Gasteiger partial charge in [0.05, 0.1) is 13.2 Å². The van der Waals surface area contributed by atoms with E-state index in [9.17, 15) is 4.79 Å². The van der Waals surface area contributed by atoms with Gasteiger partial charge in [-0.3, -0.25) is 4.79 Å². The average Bonchev–Trinajstić information content (AvgIpc) is 2.90. The van der Waals surface area contributed by atoms with Crippen molar-refractivity contribution in [3.63, 3.8) is 0 Å². The van der Waals surface area contributed by atoms with Gasteiger partial charge in [0.25, 0.3) is 0 Å². The van der Waals surface area contributed by atoms with Crippen LogP contribution in [0.4, 0.5) is 5.69 Å². The van der Waals surface area contributed by atoms with Crippen molar-refractivity contribution in [3.05, 3.63) is 59.2 Å². The fourth-order valence-corrected chi connectivity index (χ4v) is 2.79. The SMILES string of the molecule is COc1ccc2c(c1)C(Nc1ccc(C(N)=O)cc1)CC2. The van der Waals surface area contributed by atoms with Crippen LogP contribution in [0.25, 0.3) is 0 Å². The van der Waals surface area contributed by atoms with Crippen LogP contribution in [0.3, 0.4) is 0 Å². The molecule has 0 heterocycles. The van der Waals surface area contributed by atoms with Gasteiger partial charge < -0.3 is 15.8 Å². The highest BCUT2D eigenvalue weighted by atomic mass is 16.5. The molecule has 2 aromatic rings. The second-order valence-electron chi connectivity index (χ2n) is 5.24. The maximum atomic E-state index is 11.1. The Morgan fingerprint density at radius 2 is 2.00 bits per heavy atom. The van der Waals surface area contributed by atoms with Gasteiger partial charge >= 0.3 is 0 Å². The first-order valence-electron chi connectivity index (χ1n) is 7.00. The normalized spacial score (nSPS) is 16.3. The van der Waals surface area contributed by atoms with Gasteiger partial charge in [-0.2, -0.15) is 0 Å². The number of methoxy groups -OCH3 is 1. The lowest BCUT2D eigenvalue weighted by atomic mass is 10.1. The van der Waals surface area contributed by atoms with Gasteiger partial charge in [-0.15, -0.1) is 0 Å². The fourth-order valence-electron chi connectivity index (χ4n) is 2.79. The third-order valence-corrected chi connectivity index (χ3v) is 3.94. The number of rotatable bonds is 4. The van der Waals surface area contributed by atoms with Crippen molar-refractivity contribution in [2.24, 2.45) is 5.73 Å². The van der Waals surface area contributed by atoms with Crippen LogP contribution in [0.15, 0.2) is 42.5 Å². The maximum Gasteiger partial charge on any atom is 0.248 e. The predicted octanol–water partition coefficient (Wildman–Crippen LogP) is 2.89. The number of amides is 1. The maximum absolute atomic E-state index is 11.1. The molecule has 0 aromatic heterocycles. The van der Waals surface area contributed by atoms with Crippen molar-refractivity contribution in [1.82, 2.24) is 0 Å². The number of primary amides is 1. The number of nitrogens with two attached hydrogens (primary N) is 1. The van der Waals surface area contributed by atoms with Crippen molar-refractivity contribution in [1.29, 1.82) is 0 Å². The standard InChI is InChI=1S/C17H18N2O2/c1-21-14-8-4-11-5-9-16(15(11)10-14)19-13-6-2-12(3-7-13)17(18)20/h2-4,6-8,10,16,19H,5,9H2,1H3,(H2,18,20). The Labute approximate surface area is 123 Å². The summed E-state index contributed by atoms with van der Waals surface area (Å²) < 4.78 is 5.30. The molecule has 0 saturated carbocycles. The molecule has 4 nitrogen and oxygen atoms in total. The summed E-state index contributed by atoms with van der Waals surface area (Å²) in [6.45, 7) is 0. The second kappa shape index (κ2) is 5.48. The average molecular weight is 282 g/mol. The van der Waals surface area contributed by atoms with Crippen molar-refractivity contribution in [3.8, 4) is 5.75 Å². The van der Waals surface area contributed by atoms with E-state index in [1.54, 1.807) is 19.2 Å². The monoisotopic (exact) mass is 282 g/mol. The van der Waals surface area contributed by atoms with E-state index in [1.807, 2.05) is 18.2 Å². The molecule has 3 N–H and O–H groups in total. The summed E-state index contributed by atoms with van der Waals surface area (Å²) in [5, 5.41) is 3.51. The van der Waals surface area contributed by atoms with E-state index in [1.165, 1.54) is 11.1 Å². The molecule has 1 unspecified atom stereocenters. The van der Waals surface area contributed by atoms with Gasteiger partial charge in [0.1, 0.15) is 5.75 Å². The number of ether oxygens (including phenoxy) is 1. The molecule has 0 aliphatic heterocycles. The molecule has 1 amide bonds. The van der Waals surface area contributed by atoms with Crippen molar-refractivity contribution < 1.29 is 9.53 Å². The number of carbonyl (C=O) groups excluding carboxylic acids is 1. The van der Waals surface area contributed by atoms with Crippen LogP contribution in [0.2, 0.25) is 0 Å². The van der Waals surface area contributed by atoms with Crippen LogP contribution >= 0.6 is 0 Å². The van der Waals surface area contributed by atoms with E-state index in [2.05, 4.69) is 17.4 Å². The Hall–Kier alpha value is -2.49. The summed E-state index contributed by atoms with van der Waals surface area (Å²) in [4.78, 5) is 11.1. The summed E-state index contributed by atoms with van der Waals surface area (Å²) in [5.41, 5.74) is 9.41. The summed E-state index contributed by atoms with van der Waals surface area (Å²) >= 11 is 0. The first kappa shape index (κ1) is 13.5. The molecule has 108 valence electrons.